The van der Waals surface area contributed by atoms with Crippen LogP contribution in [-0.2, 0) is 4.79 Å². The highest BCUT2D eigenvalue weighted by atomic mass is 16.2. The molecule has 1 heterocycles. The molecule has 1 aliphatic rings. The van der Waals surface area contributed by atoms with Crippen molar-refractivity contribution in [2.24, 2.45) is 0 Å². The molecule has 1 saturated heterocycles. The lowest BCUT2D eigenvalue weighted by Gasteiger charge is -2.21. The van der Waals surface area contributed by atoms with Gasteiger partial charge in [-0.05, 0) is 19.3 Å². The molecule has 0 bridgehead atoms. The van der Waals surface area contributed by atoms with Gasteiger partial charge in [0.2, 0.25) is 5.91 Å². The molecule has 0 radical (unpaired) electrons. The Labute approximate surface area is 86.8 Å². The van der Waals surface area contributed by atoms with E-state index in [1.54, 1.807) is 0 Å². The third-order valence-corrected chi connectivity index (χ3v) is 2.66. The lowest BCUT2D eigenvalue weighted by atomic mass is 10.2. The summed E-state index contributed by atoms with van der Waals surface area (Å²) in [5.74, 6) is 0.277. The minimum atomic E-state index is 0.277. The molecule has 1 amide bonds. The largest absolute Gasteiger partial charge is 0.278 e. The first-order valence-electron chi connectivity index (χ1n) is 5.88. The average Bonchev–Trinajstić information content (AvgIpc) is 2.39. The molecule has 3 heteroatoms. The summed E-state index contributed by atoms with van der Waals surface area (Å²) in [6, 6.07) is 0. The maximum atomic E-state index is 11.5. The van der Waals surface area contributed by atoms with E-state index in [4.69, 9.17) is 0 Å². The second-order valence-electron chi connectivity index (χ2n) is 3.97. The van der Waals surface area contributed by atoms with Crippen molar-refractivity contribution in [3.8, 4) is 0 Å². The van der Waals surface area contributed by atoms with E-state index < -0.39 is 0 Å². The van der Waals surface area contributed by atoms with Crippen molar-refractivity contribution in [3.05, 3.63) is 0 Å². The molecule has 3 nitrogen and oxygen atoms in total. The molecular weight excluding hydrogens is 176 g/mol. The average molecular weight is 198 g/mol. The Hall–Kier alpha value is -0.570. The van der Waals surface area contributed by atoms with Crippen LogP contribution in [0.3, 0.4) is 0 Å². The molecule has 0 atom stereocenters. The third kappa shape index (κ3) is 4.09. The van der Waals surface area contributed by atoms with Crippen LogP contribution >= 0.6 is 0 Å². The van der Waals surface area contributed by atoms with E-state index in [9.17, 15) is 4.79 Å². The molecule has 1 fully saturated rings. The predicted molar refractivity (Wildman–Crippen MR) is 57.7 cm³/mol. The van der Waals surface area contributed by atoms with Crippen molar-refractivity contribution < 1.29 is 4.79 Å². The quantitative estimate of drug-likeness (QED) is 0.686. The van der Waals surface area contributed by atoms with E-state index in [2.05, 4.69) is 12.3 Å². The second kappa shape index (κ2) is 6.82. The first-order chi connectivity index (χ1) is 6.84. The molecule has 1 N–H and O–H groups in total. The van der Waals surface area contributed by atoms with Gasteiger partial charge in [0.05, 0.1) is 0 Å². The van der Waals surface area contributed by atoms with Crippen LogP contribution in [-0.4, -0.2) is 24.0 Å². The Kier molecular flexibility index (Phi) is 5.60. The van der Waals surface area contributed by atoms with Gasteiger partial charge < -0.3 is 0 Å². The summed E-state index contributed by atoms with van der Waals surface area (Å²) in [7, 11) is 0. The first-order valence-corrected chi connectivity index (χ1v) is 5.88. The fourth-order valence-electron chi connectivity index (χ4n) is 1.74. The van der Waals surface area contributed by atoms with Crippen LogP contribution in [0.4, 0.5) is 0 Å². The van der Waals surface area contributed by atoms with Crippen molar-refractivity contribution in [3.63, 3.8) is 0 Å². The number of carbonyl (C=O) groups excluding carboxylic acids is 1. The van der Waals surface area contributed by atoms with Gasteiger partial charge in [-0.1, -0.05) is 26.2 Å². The third-order valence-electron chi connectivity index (χ3n) is 2.66. The molecule has 82 valence electrons. The van der Waals surface area contributed by atoms with Gasteiger partial charge in [-0.15, -0.1) is 0 Å². The fraction of sp³-hybridized carbons (Fsp3) is 0.909. The Morgan fingerprint density at radius 1 is 1.29 bits per heavy atom. The van der Waals surface area contributed by atoms with Gasteiger partial charge in [0.15, 0.2) is 0 Å². The zero-order valence-electron chi connectivity index (χ0n) is 9.22. The Morgan fingerprint density at radius 2 is 2.14 bits per heavy atom. The molecule has 0 aromatic heterocycles. The summed E-state index contributed by atoms with van der Waals surface area (Å²) in [5.41, 5.74) is 3.23. The monoisotopic (exact) mass is 198 g/mol. The van der Waals surface area contributed by atoms with Crippen molar-refractivity contribution in [2.45, 2.75) is 51.9 Å². The second-order valence-corrected chi connectivity index (χ2v) is 3.97. The number of rotatable bonds is 5. The zero-order chi connectivity index (χ0) is 10.2. The smallest absolute Gasteiger partial charge is 0.236 e. The van der Waals surface area contributed by atoms with E-state index in [1.807, 2.05) is 5.01 Å². The zero-order valence-corrected chi connectivity index (χ0v) is 9.22. The van der Waals surface area contributed by atoms with E-state index in [1.165, 1.54) is 25.7 Å². The molecule has 0 spiro atoms. The number of carbonyl (C=O) groups is 1. The molecule has 1 rings (SSSR count). The minimum Gasteiger partial charge on any atom is -0.278 e. The van der Waals surface area contributed by atoms with Crippen molar-refractivity contribution in [1.29, 1.82) is 0 Å². The number of nitrogens with one attached hydrogen (secondary N) is 1. The SMILES string of the molecule is CCCCCNN1CCCCCC1=O. The van der Waals surface area contributed by atoms with Gasteiger partial charge in [-0.25, -0.2) is 5.43 Å². The number of unbranched alkanes of at least 4 members (excludes halogenated alkanes) is 2. The summed E-state index contributed by atoms with van der Waals surface area (Å²) < 4.78 is 0. The standard InChI is InChI=1S/C11H22N2O/c1-2-3-6-9-12-13-10-7-4-5-8-11(13)14/h12H,2-10H2,1H3. The summed E-state index contributed by atoms with van der Waals surface area (Å²) in [4.78, 5) is 11.5. The van der Waals surface area contributed by atoms with Crippen LogP contribution in [0.15, 0.2) is 0 Å². The maximum Gasteiger partial charge on any atom is 0.236 e. The number of amides is 1. The van der Waals surface area contributed by atoms with Gasteiger partial charge in [-0.2, -0.15) is 0 Å². The van der Waals surface area contributed by atoms with Crippen LogP contribution in [0.5, 0.6) is 0 Å². The highest BCUT2D eigenvalue weighted by Gasteiger charge is 2.15. The van der Waals surface area contributed by atoms with Gasteiger partial charge in [0.25, 0.3) is 0 Å². The van der Waals surface area contributed by atoms with Crippen LogP contribution in [0, 0.1) is 0 Å². The number of hydrazine groups is 1. The summed E-state index contributed by atoms with van der Waals surface area (Å²) in [5, 5.41) is 1.82. The van der Waals surface area contributed by atoms with E-state index in [0.29, 0.717) is 0 Å². The summed E-state index contributed by atoms with van der Waals surface area (Å²) in [6.45, 7) is 4.03. The van der Waals surface area contributed by atoms with Crippen LogP contribution in [0.2, 0.25) is 0 Å². The van der Waals surface area contributed by atoms with E-state index >= 15 is 0 Å². The lowest BCUT2D eigenvalue weighted by Crippen LogP contribution is -2.42. The van der Waals surface area contributed by atoms with Gasteiger partial charge in [0, 0.05) is 19.5 Å². The summed E-state index contributed by atoms with van der Waals surface area (Å²) >= 11 is 0. The maximum absolute atomic E-state index is 11.5. The van der Waals surface area contributed by atoms with Crippen LogP contribution in [0.1, 0.15) is 51.9 Å². The van der Waals surface area contributed by atoms with E-state index in [-0.39, 0.29) is 5.91 Å². The van der Waals surface area contributed by atoms with Gasteiger partial charge in [0.1, 0.15) is 0 Å². The molecule has 0 aromatic rings. The van der Waals surface area contributed by atoms with Crippen LogP contribution < -0.4 is 5.43 Å². The summed E-state index contributed by atoms with van der Waals surface area (Å²) in [6.07, 6.45) is 7.77. The van der Waals surface area contributed by atoms with Crippen LogP contribution in [0.25, 0.3) is 0 Å². The van der Waals surface area contributed by atoms with Gasteiger partial charge >= 0.3 is 0 Å². The highest BCUT2D eigenvalue weighted by molar-refractivity contribution is 5.75. The topological polar surface area (TPSA) is 32.3 Å². The molecule has 0 aliphatic carbocycles. The normalized spacial score (nSPS) is 18.4. The molecule has 0 aromatic carbocycles. The van der Waals surface area contributed by atoms with Gasteiger partial charge in [-0.3, -0.25) is 9.80 Å². The Bertz CT molecular complexity index is 171. The highest BCUT2D eigenvalue weighted by Crippen LogP contribution is 2.09. The Morgan fingerprint density at radius 3 is 2.93 bits per heavy atom. The minimum absolute atomic E-state index is 0.277. The number of hydrogen-bond acceptors (Lipinski definition) is 2. The van der Waals surface area contributed by atoms with Crippen molar-refractivity contribution in [1.82, 2.24) is 10.4 Å². The Balaban J connectivity index is 2.16. The molecule has 0 saturated carbocycles. The molecule has 14 heavy (non-hydrogen) atoms. The number of hydrogen-bond donors (Lipinski definition) is 1. The molecule has 0 unspecified atom stereocenters. The van der Waals surface area contributed by atoms with Crippen molar-refractivity contribution in [2.75, 3.05) is 13.1 Å². The number of nitrogens with zero attached hydrogens (tertiary/aromatic N) is 1. The predicted octanol–water partition coefficient (Wildman–Crippen LogP) is 2.08. The lowest BCUT2D eigenvalue weighted by molar-refractivity contribution is -0.133. The molecular formula is C11H22N2O. The fourth-order valence-corrected chi connectivity index (χ4v) is 1.74. The van der Waals surface area contributed by atoms with E-state index in [0.717, 1.165) is 32.4 Å². The van der Waals surface area contributed by atoms with Crippen molar-refractivity contribution >= 4 is 5.91 Å². The first kappa shape index (κ1) is 11.5. The molecule has 1 aliphatic heterocycles.